The number of hydrogen-bond donors (Lipinski definition) is 4. The van der Waals surface area contributed by atoms with Crippen LogP contribution in [-0.2, 0) is 7.05 Å². The van der Waals surface area contributed by atoms with Crippen molar-refractivity contribution in [2.75, 3.05) is 11.9 Å². The quantitative estimate of drug-likeness (QED) is 0.387. The van der Waals surface area contributed by atoms with Crippen LogP contribution >= 0.6 is 0 Å². The topological polar surface area (TPSA) is 104 Å². The van der Waals surface area contributed by atoms with E-state index in [1.807, 2.05) is 0 Å². The molecule has 0 spiro atoms. The van der Waals surface area contributed by atoms with E-state index in [0.29, 0.717) is 40.9 Å². The lowest BCUT2D eigenvalue weighted by molar-refractivity contribution is 0.0331. The zero-order valence-corrected chi connectivity index (χ0v) is 19.1. The van der Waals surface area contributed by atoms with Crippen LogP contribution in [0.5, 0.6) is 0 Å². The van der Waals surface area contributed by atoms with E-state index in [1.165, 1.54) is 12.1 Å². The van der Waals surface area contributed by atoms with Crippen LogP contribution in [0.25, 0.3) is 0 Å². The summed E-state index contributed by atoms with van der Waals surface area (Å²) in [4.78, 5) is 26.1. The molecule has 7 nitrogen and oxygen atoms in total. The van der Waals surface area contributed by atoms with E-state index < -0.39 is 23.5 Å². The van der Waals surface area contributed by atoms with Gasteiger partial charge in [-0.1, -0.05) is 19.3 Å². The van der Waals surface area contributed by atoms with Crippen molar-refractivity contribution >= 4 is 17.4 Å². The first-order valence-electron chi connectivity index (χ1n) is 10.9. The van der Waals surface area contributed by atoms with Crippen LogP contribution in [0.1, 0.15) is 69.8 Å². The molecule has 1 amide bonds. The predicted octanol–water partition coefficient (Wildman–Crippen LogP) is 3.13. The van der Waals surface area contributed by atoms with Crippen LogP contribution in [0, 0.1) is 26.6 Å². The van der Waals surface area contributed by atoms with E-state index in [2.05, 4.69) is 10.6 Å². The number of carbonyl (C=O) groups is 2. The number of benzene rings is 1. The van der Waals surface area contributed by atoms with Crippen LogP contribution in [0.4, 0.5) is 10.1 Å². The van der Waals surface area contributed by atoms with Crippen molar-refractivity contribution in [2.24, 2.45) is 7.05 Å². The molecular weight excluding hydrogens is 413 g/mol. The molecule has 0 saturated heterocycles. The Balaban J connectivity index is 1.85. The van der Waals surface area contributed by atoms with Gasteiger partial charge in [-0.3, -0.25) is 14.9 Å². The number of anilines is 1. The fourth-order valence-corrected chi connectivity index (χ4v) is 4.64. The molecule has 0 radical (unpaired) electrons. The van der Waals surface area contributed by atoms with Gasteiger partial charge in [-0.05, 0) is 62.9 Å². The van der Waals surface area contributed by atoms with Crippen LogP contribution < -0.4 is 10.6 Å². The van der Waals surface area contributed by atoms with E-state index in [0.717, 1.165) is 19.3 Å². The molecule has 1 unspecified atom stereocenters. The van der Waals surface area contributed by atoms with E-state index in [1.54, 1.807) is 38.5 Å². The number of rotatable bonds is 7. The molecule has 1 aliphatic carbocycles. The second-order valence-corrected chi connectivity index (χ2v) is 8.82. The molecule has 1 saturated carbocycles. The largest absolute Gasteiger partial charge is 0.394 e. The number of halogens is 1. The van der Waals surface area contributed by atoms with Gasteiger partial charge >= 0.3 is 0 Å². The number of Topliss-reactive ketones (excluding diaryl/α,β-unsaturated/α-hetero) is 1. The molecule has 1 fully saturated rings. The highest BCUT2D eigenvalue weighted by atomic mass is 19.1. The van der Waals surface area contributed by atoms with Gasteiger partial charge in [0.05, 0.1) is 17.9 Å². The molecule has 3 rings (SSSR count). The Morgan fingerprint density at radius 2 is 1.84 bits per heavy atom. The first-order chi connectivity index (χ1) is 15.1. The van der Waals surface area contributed by atoms with Gasteiger partial charge in [-0.2, -0.15) is 0 Å². The Labute approximate surface area is 187 Å². The van der Waals surface area contributed by atoms with Crippen LogP contribution in [0.3, 0.4) is 0 Å². The number of hydrogen-bond acceptors (Lipinski definition) is 5. The zero-order chi connectivity index (χ0) is 23.6. The highest BCUT2D eigenvalue weighted by molar-refractivity contribution is 6.09. The van der Waals surface area contributed by atoms with E-state index in [4.69, 9.17) is 0 Å². The molecule has 174 valence electrons. The van der Waals surface area contributed by atoms with Crippen molar-refractivity contribution in [3.05, 3.63) is 52.1 Å². The minimum Gasteiger partial charge on any atom is -0.394 e. The summed E-state index contributed by atoms with van der Waals surface area (Å²) in [5.74, 6) is -1.33. The van der Waals surface area contributed by atoms with Gasteiger partial charge < -0.3 is 20.1 Å². The monoisotopic (exact) mass is 445 g/mol. The number of aryl methyl sites for hydroxylation is 1. The number of amides is 1. The molecule has 2 aromatic rings. The molecule has 32 heavy (non-hydrogen) atoms. The molecule has 1 atom stereocenters. The van der Waals surface area contributed by atoms with Gasteiger partial charge in [0.25, 0.3) is 5.91 Å². The lowest BCUT2D eigenvalue weighted by Gasteiger charge is -2.38. The average Bonchev–Trinajstić information content (AvgIpc) is 2.99. The van der Waals surface area contributed by atoms with Crippen LogP contribution in [-0.4, -0.2) is 44.8 Å². The summed E-state index contributed by atoms with van der Waals surface area (Å²) in [5, 5.41) is 26.3. The minimum atomic E-state index is -1.50. The van der Waals surface area contributed by atoms with Crippen molar-refractivity contribution in [2.45, 2.75) is 64.6 Å². The lowest BCUT2D eigenvalue weighted by atomic mass is 9.82. The highest BCUT2D eigenvalue weighted by Gasteiger charge is 2.36. The Hall–Kier alpha value is -2.55. The van der Waals surface area contributed by atoms with Gasteiger partial charge in [0.2, 0.25) is 5.78 Å². The second kappa shape index (κ2) is 9.52. The fourth-order valence-electron chi connectivity index (χ4n) is 4.64. The Morgan fingerprint density at radius 3 is 2.44 bits per heavy atom. The predicted molar refractivity (Wildman–Crippen MR) is 120 cm³/mol. The van der Waals surface area contributed by atoms with Gasteiger partial charge in [-0.15, -0.1) is 0 Å². The molecule has 4 N–H and O–H groups in total. The van der Waals surface area contributed by atoms with Crippen molar-refractivity contribution < 1.29 is 24.2 Å². The molecule has 1 aromatic heterocycles. The molecule has 1 heterocycles. The molecule has 0 bridgehead atoms. The smallest absolute Gasteiger partial charge is 0.257 e. The number of nitrogens with zero attached hydrogens (tertiary/aromatic N) is 1. The number of nitrogens with one attached hydrogen (secondary N) is 2. The average molecular weight is 446 g/mol. The van der Waals surface area contributed by atoms with E-state index >= 15 is 0 Å². The summed E-state index contributed by atoms with van der Waals surface area (Å²) in [7, 11) is 1.67. The number of carbonyl (C=O) groups excluding carboxylic acids is 2. The maximum atomic E-state index is 13.5. The lowest BCUT2D eigenvalue weighted by Crippen LogP contribution is -2.56. The van der Waals surface area contributed by atoms with Crippen LogP contribution in [0.2, 0.25) is 0 Å². The van der Waals surface area contributed by atoms with Gasteiger partial charge in [-0.25, -0.2) is 4.39 Å². The molecule has 0 aliphatic heterocycles. The van der Waals surface area contributed by atoms with Gasteiger partial charge in [0, 0.05) is 24.0 Å². The maximum Gasteiger partial charge on any atom is 0.257 e. The van der Waals surface area contributed by atoms with Gasteiger partial charge in [0.15, 0.2) is 6.23 Å². The minimum absolute atomic E-state index is 0.159. The Bertz CT molecular complexity index is 1020. The first kappa shape index (κ1) is 24.1. The molecule has 8 heteroatoms. The Kier molecular flexibility index (Phi) is 7.17. The summed E-state index contributed by atoms with van der Waals surface area (Å²) >= 11 is 0. The summed E-state index contributed by atoms with van der Waals surface area (Å²) < 4.78 is 15.1. The van der Waals surface area contributed by atoms with Crippen molar-refractivity contribution in [1.29, 1.82) is 0 Å². The number of aromatic nitrogens is 1. The molecule has 1 aliphatic rings. The third-order valence-electron chi connectivity index (χ3n) is 6.61. The summed E-state index contributed by atoms with van der Waals surface area (Å²) in [6.45, 7) is 4.85. The molecular formula is C24H32FN3O4. The normalized spacial score (nSPS) is 16.6. The van der Waals surface area contributed by atoms with Crippen molar-refractivity contribution in [1.82, 2.24) is 9.88 Å². The molecule has 1 aromatic carbocycles. The highest BCUT2D eigenvalue weighted by Crippen LogP contribution is 2.29. The number of ketones is 1. The van der Waals surface area contributed by atoms with Crippen LogP contribution in [0.15, 0.2) is 18.2 Å². The third kappa shape index (κ3) is 4.62. The maximum absolute atomic E-state index is 13.5. The van der Waals surface area contributed by atoms with Gasteiger partial charge in [0.1, 0.15) is 5.82 Å². The van der Waals surface area contributed by atoms with E-state index in [-0.39, 0.29) is 18.1 Å². The van der Waals surface area contributed by atoms with E-state index in [9.17, 15) is 24.2 Å². The Morgan fingerprint density at radius 1 is 1.19 bits per heavy atom. The van der Waals surface area contributed by atoms with Crippen molar-refractivity contribution in [3.8, 4) is 0 Å². The number of aliphatic hydroxyl groups is 2. The number of aliphatic hydroxyl groups excluding tert-OH is 2. The van der Waals surface area contributed by atoms with Crippen molar-refractivity contribution in [3.63, 3.8) is 0 Å². The zero-order valence-electron chi connectivity index (χ0n) is 19.1. The SMILES string of the molecule is Cc1cc(NC(=O)c2c(C)c(C(=O)C(O)NC3(CO)CCCCC3)n(C)c2C)ccc1F. The first-order valence-corrected chi connectivity index (χ1v) is 10.9. The standard InChI is InChI=1S/C24H32FN3O4/c1-14-12-17(8-9-18(14)25)26-22(31)19-15(2)20(28(4)16(19)3)21(30)23(32)27-24(13-29)10-6-5-7-11-24/h8-9,12,23,27,29,32H,5-7,10-11,13H2,1-4H3,(H,26,31). The second-order valence-electron chi connectivity index (χ2n) is 8.82. The summed E-state index contributed by atoms with van der Waals surface area (Å²) in [6.07, 6.45) is 2.78. The fraction of sp³-hybridized carbons (Fsp3) is 0.500. The summed E-state index contributed by atoms with van der Waals surface area (Å²) in [5.41, 5.74) is 1.77. The summed E-state index contributed by atoms with van der Waals surface area (Å²) in [6, 6.07) is 4.31. The third-order valence-corrected chi connectivity index (χ3v) is 6.61.